The van der Waals surface area contributed by atoms with Gasteiger partial charge in [0, 0.05) is 12.4 Å². The van der Waals surface area contributed by atoms with Crippen LogP contribution in [0.4, 0.5) is 0 Å². The summed E-state index contributed by atoms with van der Waals surface area (Å²) in [6, 6.07) is 12.3. The number of hydrogen-bond acceptors (Lipinski definition) is 3. The molecule has 2 bridgehead atoms. The molecule has 0 saturated heterocycles. The highest BCUT2D eigenvalue weighted by Crippen LogP contribution is 2.24. The molecular weight excluding hydrogens is 324 g/mol. The number of pyridine rings is 1. The maximum atomic E-state index is 12.7. The lowest BCUT2D eigenvalue weighted by atomic mass is 9.98. The van der Waals surface area contributed by atoms with Crippen molar-refractivity contribution in [2.45, 2.75) is 44.6 Å². The van der Waals surface area contributed by atoms with Gasteiger partial charge in [0.05, 0.1) is 35.6 Å². The van der Waals surface area contributed by atoms with Crippen LogP contribution in [-0.2, 0) is 24.7 Å². The van der Waals surface area contributed by atoms with Gasteiger partial charge >= 0.3 is 0 Å². The molecule has 4 rings (SSSR count). The minimum Gasteiger partial charge on any atom is -0.349 e. The van der Waals surface area contributed by atoms with Gasteiger partial charge in [0.25, 0.3) is 0 Å². The topological polar surface area (TPSA) is 59.8 Å². The first-order valence-corrected chi connectivity index (χ1v) is 9.35. The highest BCUT2D eigenvalue weighted by molar-refractivity contribution is 5.84. The fraction of sp³-hybridized carbons (Fsp3) is 0.381. The molecule has 1 aliphatic rings. The third kappa shape index (κ3) is 3.47. The molecular formula is C21H24N4O. The molecule has 1 amide bonds. The van der Waals surface area contributed by atoms with E-state index < -0.39 is 0 Å². The van der Waals surface area contributed by atoms with Gasteiger partial charge in [0.15, 0.2) is 0 Å². The Morgan fingerprint density at radius 1 is 1.15 bits per heavy atom. The molecule has 1 N–H and O–H groups in total. The van der Waals surface area contributed by atoms with Crippen LogP contribution in [0, 0.1) is 0 Å². The number of benzene rings is 1. The number of hydrogen-bond donors (Lipinski definition) is 1. The third-order valence-corrected chi connectivity index (χ3v) is 5.13. The van der Waals surface area contributed by atoms with Gasteiger partial charge in [-0.05, 0) is 30.9 Å². The van der Waals surface area contributed by atoms with Gasteiger partial charge in [0.2, 0.25) is 5.91 Å². The lowest BCUT2D eigenvalue weighted by Crippen LogP contribution is -2.30. The Bertz CT molecular complexity index is 916. The lowest BCUT2D eigenvalue weighted by Gasteiger charge is -2.20. The summed E-state index contributed by atoms with van der Waals surface area (Å²) in [6.07, 6.45) is 7.40. The summed E-state index contributed by atoms with van der Waals surface area (Å²) in [5, 5.41) is 8.65. The number of fused-ring (bicyclic) bond motifs is 4. The summed E-state index contributed by atoms with van der Waals surface area (Å²) in [5.74, 6) is 0.0288. The number of nitrogens with one attached hydrogen (secondary N) is 1. The second-order valence-corrected chi connectivity index (χ2v) is 7.07. The van der Waals surface area contributed by atoms with Crippen LogP contribution in [0.5, 0.6) is 0 Å². The summed E-state index contributed by atoms with van der Waals surface area (Å²) in [7, 11) is 1.95. The van der Waals surface area contributed by atoms with E-state index in [1.54, 1.807) is 0 Å². The summed E-state index contributed by atoms with van der Waals surface area (Å²) in [4.78, 5) is 17.5. The van der Waals surface area contributed by atoms with E-state index in [-0.39, 0.29) is 11.9 Å². The van der Waals surface area contributed by atoms with E-state index in [2.05, 4.69) is 22.5 Å². The second-order valence-electron chi connectivity index (χ2n) is 7.07. The monoisotopic (exact) mass is 348 g/mol. The normalized spacial score (nSPS) is 18.8. The van der Waals surface area contributed by atoms with Gasteiger partial charge in [-0.1, -0.05) is 43.2 Å². The number of nitrogens with zero attached hydrogens (tertiary/aromatic N) is 3. The molecule has 0 spiro atoms. The van der Waals surface area contributed by atoms with Crippen molar-refractivity contribution in [1.82, 2.24) is 20.1 Å². The highest BCUT2D eigenvalue weighted by Gasteiger charge is 2.18. The van der Waals surface area contributed by atoms with Crippen LogP contribution in [0.15, 0.2) is 42.6 Å². The molecule has 134 valence electrons. The van der Waals surface area contributed by atoms with Crippen molar-refractivity contribution in [3.8, 4) is 0 Å². The fourth-order valence-corrected chi connectivity index (χ4v) is 3.85. The summed E-state index contributed by atoms with van der Waals surface area (Å²) in [6.45, 7) is 0. The van der Waals surface area contributed by atoms with Gasteiger partial charge in [0.1, 0.15) is 0 Å². The molecule has 26 heavy (non-hydrogen) atoms. The first-order valence-electron chi connectivity index (χ1n) is 9.35. The smallest absolute Gasteiger partial charge is 0.226 e. The van der Waals surface area contributed by atoms with E-state index in [9.17, 15) is 4.79 Å². The number of carbonyl (C=O) groups excluding carboxylic acids is 1. The molecule has 1 aliphatic heterocycles. The number of amides is 1. The Labute approximate surface area is 153 Å². The molecule has 5 heteroatoms. The van der Waals surface area contributed by atoms with Crippen LogP contribution >= 0.6 is 0 Å². The molecule has 2 aromatic heterocycles. The Kier molecular flexibility index (Phi) is 4.69. The van der Waals surface area contributed by atoms with Gasteiger partial charge in [-0.15, -0.1) is 0 Å². The standard InChI is InChI=1S/C21H24N4O/c1-25-21-16(14-22-25)12-17-13-20(26)24-18(15-8-4-2-5-9-15)10-6-3-7-11-19(21)23-17/h2,4-5,8-9,12,14,18H,3,6-7,10-11,13H2,1H3,(H,24,26). The van der Waals surface area contributed by atoms with Gasteiger partial charge in [-0.3, -0.25) is 14.5 Å². The molecule has 3 heterocycles. The molecule has 1 aromatic carbocycles. The van der Waals surface area contributed by atoms with Crippen molar-refractivity contribution in [1.29, 1.82) is 0 Å². The molecule has 1 unspecified atom stereocenters. The molecule has 0 aliphatic carbocycles. The Morgan fingerprint density at radius 3 is 2.85 bits per heavy atom. The van der Waals surface area contributed by atoms with Gasteiger partial charge in [-0.2, -0.15) is 5.10 Å². The van der Waals surface area contributed by atoms with Crippen LogP contribution < -0.4 is 5.32 Å². The average molecular weight is 348 g/mol. The average Bonchev–Trinajstić information content (AvgIpc) is 3.01. The Hall–Kier alpha value is -2.69. The minimum absolute atomic E-state index is 0.0288. The second kappa shape index (κ2) is 7.28. The van der Waals surface area contributed by atoms with Crippen LogP contribution in [0.2, 0.25) is 0 Å². The summed E-state index contributed by atoms with van der Waals surface area (Å²) in [5.41, 5.74) is 4.15. The number of aromatic nitrogens is 3. The largest absolute Gasteiger partial charge is 0.349 e. The number of aryl methyl sites for hydroxylation is 2. The Balaban J connectivity index is 1.64. The minimum atomic E-state index is 0.0288. The van der Waals surface area contributed by atoms with Gasteiger partial charge in [-0.25, -0.2) is 0 Å². The first kappa shape index (κ1) is 16.8. The number of rotatable bonds is 1. The van der Waals surface area contributed by atoms with Crippen molar-refractivity contribution in [3.63, 3.8) is 0 Å². The van der Waals surface area contributed by atoms with Crippen molar-refractivity contribution in [2.24, 2.45) is 7.05 Å². The SMILES string of the molecule is Cn1ncc2cc3nc(c21)CCCCCC(c1ccccc1)NC(=O)C3. The third-order valence-electron chi connectivity index (χ3n) is 5.13. The van der Waals surface area contributed by atoms with Crippen molar-refractivity contribution in [3.05, 3.63) is 59.5 Å². The summed E-state index contributed by atoms with van der Waals surface area (Å²) >= 11 is 0. The zero-order valence-electron chi connectivity index (χ0n) is 15.1. The fourth-order valence-electron chi connectivity index (χ4n) is 3.85. The van der Waals surface area contributed by atoms with Crippen molar-refractivity contribution < 1.29 is 4.79 Å². The Morgan fingerprint density at radius 2 is 2.00 bits per heavy atom. The molecule has 1 atom stereocenters. The van der Waals surface area contributed by atoms with Crippen LogP contribution in [0.3, 0.4) is 0 Å². The van der Waals surface area contributed by atoms with E-state index in [0.29, 0.717) is 6.42 Å². The van der Waals surface area contributed by atoms with Crippen molar-refractivity contribution >= 4 is 16.8 Å². The van der Waals surface area contributed by atoms with E-state index in [4.69, 9.17) is 4.98 Å². The molecule has 0 saturated carbocycles. The first-order chi connectivity index (χ1) is 12.7. The predicted octanol–water partition coefficient (Wildman–Crippen LogP) is 3.48. The molecule has 3 aromatic rings. The van der Waals surface area contributed by atoms with Gasteiger partial charge < -0.3 is 5.32 Å². The van der Waals surface area contributed by atoms with E-state index >= 15 is 0 Å². The molecule has 5 nitrogen and oxygen atoms in total. The quantitative estimate of drug-likeness (QED) is 0.732. The van der Waals surface area contributed by atoms with Crippen molar-refractivity contribution in [2.75, 3.05) is 0 Å². The van der Waals surface area contributed by atoms with Crippen LogP contribution in [0.25, 0.3) is 10.9 Å². The maximum Gasteiger partial charge on any atom is 0.226 e. The highest BCUT2D eigenvalue weighted by atomic mass is 16.1. The number of carbonyl (C=O) groups is 1. The molecule has 0 radical (unpaired) electrons. The van der Waals surface area contributed by atoms with E-state index in [1.165, 1.54) is 5.56 Å². The predicted molar refractivity (Wildman–Crippen MR) is 102 cm³/mol. The summed E-state index contributed by atoms with van der Waals surface area (Å²) < 4.78 is 1.89. The van der Waals surface area contributed by atoms with Crippen LogP contribution in [-0.4, -0.2) is 20.7 Å². The van der Waals surface area contributed by atoms with E-state index in [0.717, 1.165) is 54.4 Å². The zero-order chi connectivity index (χ0) is 17.9. The molecule has 0 fully saturated rings. The zero-order valence-corrected chi connectivity index (χ0v) is 15.1. The lowest BCUT2D eigenvalue weighted by molar-refractivity contribution is -0.121. The van der Waals surface area contributed by atoms with E-state index in [1.807, 2.05) is 42.2 Å². The maximum absolute atomic E-state index is 12.7. The van der Waals surface area contributed by atoms with Crippen LogP contribution in [0.1, 0.15) is 48.7 Å².